The quantitative estimate of drug-likeness (QED) is 0.880. The minimum atomic E-state index is -4.18. The van der Waals surface area contributed by atoms with Crippen LogP contribution < -0.4 is 10.5 Å². The molecular formula is C11H12F2N4O2S. The van der Waals surface area contributed by atoms with E-state index in [4.69, 9.17) is 5.73 Å². The molecule has 0 atom stereocenters. The van der Waals surface area contributed by atoms with Gasteiger partial charge < -0.3 is 5.73 Å². The highest BCUT2D eigenvalue weighted by atomic mass is 32.2. The van der Waals surface area contributed by atoms with Crippen molar-refractivity contribution in [2.75, 3.05) is 4.72 Å². The fourth-order valence-electron chi connectivity index (χ4n) is 1.65. The first kappa shape index (κ1) is 14.4. The Morgan fingerprint density at radius 2 is 2.10 bits per heavy atom. The molecule has 1 heterocycles. The molecule has 0 radical (unpaired) electrons. The van der Waals surface area contributed by atoms with E-state index in [0.717, 1.165) is 12.1 Å². The Morgan fingerprint density at radius 3 is 2.65 bits per heavy atom. The van der Waals surface area contributed by atoms with Gasteiger partial charge >= 0.3 is 0 Å². The van der Waals surface area contributed by atoms with Gasteiger partial charge in [0.05, 0.1) is 11.9 Å². The van der Waals surface area contributed by atoms with E-state index in [1.54, 1.807) is 7.05 Å². The highest BCUT2D eigenvalue weighted by Gasteiger charge is 2.23. The van der Waals surface area contributed by atoms with E-state index in [9.17, 15) is 17.2 Å². The second kappa shape index (κ2) is 5.17. The summed E-state index contributed by atoms with van der Waals surface area (Å²) in [7, 11) is -2.58. The van der Waals surface area contributed by atoms with Crippen molar-refractivity contribution in [3.05, 3.63) is 41.7 Å². The summed E-state index contributed by atoms with van der Waals surface area (Å²) in [6.45, 7) is -0.437. The molecule has 0 bridgehead atoms. The van der Waals surface area contributed by atoms with Crippen LogP contribution in [-0.2, 0) is 23.6 Å². The number of aromatic nitrogens is 2. The Kier molecular flexibility index (Phi) is 3.73. The zero-order valence-corrected chi connectivity index (χ0v) is 11.3. The molecule has 0 saturated carbocycles. The number of sulfonamides is 1. The van der Waals surface area contributed by atoms with Crippen molar-refractivity contribution in [1.29, 1.82) is 0 Å². The monoisotopic (exact) mass is 302 g/mol. The lowest BCUT2D eigenvalue weighted by Crippen LogP contribution is -2.16. The van der Waals surface area contributed by atoms with Crippen LogP contribution in [-0.4, -0.2) is 18.2 Å². The molecule has 0 unspecified atom stereocenters. The third-order valence-electron chi connectivity index (χ3n) is 2.60. The Morgan fingerprint density at radius 1 is 1.40 bits per heavy atom. The molecule has 3 N–H and O–H groups in total. The summed E-state index contributed by atoms with van der Waals surface area (Å²) in [4.78, 5) is -0.664. The van der Waals surface area contributed by atoms with E-state index in [0.29, 0.717) is 0 Å². The van der Waals surface area contributed by atoms with Crippen LogP contribution in [0.5, 0.6) is 0 Å². The lowest BCUT2D eigenvalue weighted by Gasteiger charge is -2.10. The molecule has 6 nitrogen and oxygen atoms in total. The molecule has 0 aliphatic heterocycles. The van der Waals surface area contributed by atoms with E-state index < -0.39 is 38.7 Å². The number of nitrogens with two attached hydrogens (primary N) is 1. The van der Waals surface area contributed by atoms with Gasteiger partial charge in [-0.1, -0.05) is 0 Å². The minimum Gasteiger partial charge on any atom is -0.326 e. The molecule has 0 saturated heterocycles. The Hall–Kier alpha value is -2.00. The van der Waals surface area contributed by atoms with Crippen LogP contribution in [0.3, 0.4) is 0 Å². The molecule has 0 fully saturated rings. The maximum atomic E-state index is 14.0. The van der Waals surface area contributed by atoms with Crippen molar-refractivity contribution < 1.29 is 17.2 Å². The van der Waals surface area contributed by atoms with Crippen molar-refractivity contribution in [3.63, 3.8) is 0 Å². The molecule has 0 aliphatic carbocycles. The van der Waals surface area contributed by atoms with E-state index >= 15 is 0 Å². The third kappa shape index (κ3) is 2.63. The van der Waals surface area contributed by atoms with Crippen molar-refractivity contribution in [1.82, 2.24) is 9.78 Å². The summed E-state index contributed by atoms with van der Waals surface area (Å²) >= 11 is 0. The SMILES string of the molecule is Cn1cc(NS(=O)(=O)c2ccc(F)c(CN)c2F)cn1. The number of nitrogens with one attached hydrogen (secondary N) is 1. The van der Waals surface area contributed by atoms with E-state index in [2.05, 4.69) is 9.82 Å². The zero-order chi connectivity index (χ0) is 14.9. The van der Waals surface area contributed by atoms with Crippen LogP contribution in [0.25, 0.3) is 0 Å². The standard InChI is InChI=1S/C11H12F2N4O2S/c1-17-6-7(5-15-17)16-20(18,19)10-3-2-9(12)8(4-14)11(10)13/h2-3,5-6,16H,4,14H2,1H3. The predicted octanol–water partition coefficient (Wildman–Crippen LogP) is 0.958. The molecule has 0 amide bonds. The largest absolute Gasteiger partial charge is 0.326 e. The Balaban J connectivity index is 2.44. The van der Waals surface area contributed by atoms with E-state index in [1.165, 1.54) is 17.1 Å². The summed E-state index contributed by atoms with van der Waals surface area (Å²) in [5.41, 5.74) is 4.91. The van der Waals surface area contributed by atoms with Gasteiger partial charge in [-0.15, -0.1) is 0 Å². The van der Waals surface area contributed by atoms with Crippen molar-refractivity contribution in [2.24, 2.45) is 12.8 Å². The molecule has 20 heavy (non-hydrogen) atoms. The number of hydrogen-bond acceptors (Lipinski definition) is 4. The van der Waals surface area contributed by atoms with Gasteiger partial charge in [-0.2, -0.15) is 5.10 Å². The molecule has 1 aromatic carbocycles. The van der Waals surface area contributed by atoms with Gasteiger partial charge in [-0.3, -0.25) is 9.40 Å². The maximum Gasteiger partial charge on any atom is 0.264 e. The summed E-state index contributed by atoms with van der Waals surface area (Å²) in [6, 6.07) is 1.71. The van der Waals surface area contributed by atoms with Crippen LogP contribution in [0.4, 0.5) is 14.5 Å². The van der Waals surface area contributed by atoms with Gasteiger partial charge in [0, 0.05) is 25.4 Å². The van der Waals surface area contributed by atoms with E-state index in [-0.39, 0.29) is 5.69 Å². The number of halogens is 2. The number of benzene rings is 1. The normalized spacial score (nSPS) is 11.6. The minimum absolute atomic E-state index is 0.172. The molecule has 9 heteroatoms. The third-order valence-corrected chi connectivity index (χ3v) is 4.00. The average molecular weight is 302 g/mol. The molecule has 108 valence electrons. The summed E-state index contributed by atoms with van der Waals surface area (Å²) in [5, 5.41) is 3.78. The van der Waals surface area contributed by atoms with Crippen molar-refractivity contribution in [3.8, 4) is 0 Å². The molecular weight excluding hydrogens is 290 g/mol. The van der Waals surface area contributed by atoms with Crippen molar-refractivity contribution in [2.45, 2.75) is 11.4 Å². The first-order valence-corrected chi connectivity index (χ1v) is 7.02. The second-order valence-electron chi connectivity index (χ2n) is 4.05. The number of hydrogen-bond donors (Lipinski definition) is 2. The topological polar surface area (TPSA) is 90.0 Å². The lowest BCUT2D eigenvalue weighted by atomic mass is 10.2. The first-order chi connectivity index (χ1) is 9.35. The molecule has 2 rings (SSSR count). The molecule has 1 aromatic heterocycles. The highest BCUT2D eigenvalue weighted by molar-refractivity contribution is 7.92. The lowest BCUT2D eigenvalue weighted by molar-refractivity contribution is 0.530. The van der Waals surface area contributed by atoms with Crippen LogP contribution in [0.1, 0.15) is 5.56 Å². The summed E-state index contributed by atoms with van der Waals surface area (Å²) in [6.07, 6.45) is 2.67. The van der Waals surface area contributed by atoms with Gasteiger partial charge in [0.15, 0.2) is 5.82 Å². The van der Waals surface area contributed by atoms with Gasteiger partial charge in [-0.25, -0.2) is 17.2 Å². The van der Waals surface area contributed by atoms with Gasteiger partial charge in [0.25, 0.3) is 10.0 Å². The van der Waals surface area contributed by atoms with Crippen LogP contribution in [0.2, 0.25) is 0 Å². The zero-order valence-electron chi connectivity index (χ0n) is 10.5. The fourth-order valence-corrected chi connectivity index (χ4v) is 2.79. The van der Waals surface area contributed by atoms with Gasteiger partial charge in [0.1, 0.15) is 10.7 Å². The first-order valence-electron chi connectivity index (χ1n) is 5.53. The predicted molar refractivity (Wildman–Crippen MR) is 68.3 cm³/mol. The Labute approximate surface area is 114 Å². The molecule has 2 aromatic rings. The van der Waals surface area contributed by atoms with Crippen LogP contribution in [0, 0.1) is 11.6 Å². The average Bonchev–Trinajstić information content (AvgIpc) is 2.74. The Bertz CT molecular complexity index is 743. The summed E-state index contributed by atoms with van der Waals surface area (Å²) in [5.74, 6) is -2.07. The molecule has 0 aliphatic rings. The number of nitrogens with zero attached hydrogens (tertiary/aromatic N) is 2. The van der Waals surface area contributed by atoms with Gasteiger partial charge in [0.2, 0.25) is 0 Å². The maximum absolute atomic E-state index is 14.0. The van der Waals surface area contributed by atoms with Crippen molar-refractivity contribution >= 4 is 15.7 Å². The fraction of sp³-hybridized carbons (Fsp3) is 0.182. The smallest absolute Gasteiger partial charge is 0.264 e. The van der Waals surface area contributed by atoms with Gasteiger partial charge in [-0.05, 0) is 12.1 Å². The highest BCUT2D eigenvalue weighted by Crippen LogP contribution is 2.22. The summed E-state index contributed by atoms with van der Waals surface area (Å²) < 4.78 is 54.9. The van der Waals surface area contributed by atoms with Crippen LogP contribution >= 0.6 is 0 Å². The second-order valence-corrected chi connectivity index (χ2v) is 5.70. The number of rotatable bonds is 4. The van der Waals surface area contributed by atoms with E-state index in [1.807, 2.05) is 0 Å². The molecule has 0 spiro atoms. The number of aryl methyl sites for hydroxylation is 1. The number of anilines is 1. The van der Waals surface area contributed by atoms with Crippen LogP contribution in [0.15, 0.2) is 29.4 Å².